The molecule has 0 saturated heterocycles. The van der Waals surface area contributed by atoms with Crippen LogP contribution in [0.5, 0.6) is 0 Å². The van der Waals surface area contributed by atoms with Gasteiger partial charge in [0.15, 0.2) is 5.96 Å². The van der Waals surface area contributed by atoms with E-state index < -0.39 is 0 Å². The summed E-state index contributed by atoms with van der Waals surface area (Å²) in [5.41, 5.74) is 1.19. The maximum absolute atomic E-state index is 4.28. The lowest BCUT2D eigenvalue weighted by molar-refractivity contribution is 0.173. The van der Waals surface area contributed by atoms with Crippen molar-refractivity contribution in [2.75, 3.05) is 26.7 Å². The Balaban J connectivity index is 0.00000529. The normalized spacial score (nSPS) is 12.0. The van der Waals surface area contributed by atoms with E-state index in [0.717, 1.165) is 38.6 Å². The highest BCUT2D eigenvalue weighted by Gasteiger charge is 2.12. The van der Waals surface area contributed by atoms with Crippen molar-refractivity contribution in [3.63, 3.8) is 0 Å². The van der Waals surface area contributed by atoms with Crippen molar-refractivity contribution in [1.82, 2.24) is 25.3 Å². The monoisotopic (exact) mass is 450 g/mol. The fourth-order valence-corrected chi connectivity index (χ4v) is 2.68. The van der Waals surface area contributed by atoms with Crippen LogP contribution in [0.3, 0.4) is 0 Å². The van der Waals surface area contributed by atoms with Gasteiger partial charge in [-0.15, -0.1) is 24.0 Å². The maximum atomic E-state index is 4.28. The molecular weight excluding hydrogens is 415 g/mol. The molecule has 2 N–H and O–H groups in total. The van der Waals surface area contributed by atoms with E-state index in [1.165, 1.54) is 5.56 Å². The summed E-state index contributed by atoms with van der Waals surface area (Å²) in [5.74, 6) is 0.856. The topological polar surface area (TPSA) is 57.5 Å². The molecule has 0 atom stereocenters. The molecule has 140 valence electrons. The lowest BCUT2D eigenvalue weighted by Crippen LogP contribution is -2.42. The Labute approximate surface area is 164 Å². The number of halogens is 1. The van der Waals surface area contributed by atoms with E-state index in [0.29, 0.717) is 12.1 Å². The zero-order valence-electron chi connectivity index (χ0n) is 16.0. The quantitative estimate of drug-likeness (QED) is 0.263. The first-order valence-electron chi connectivity index (χ1n) is 8.63. The molecule has 7 heteroatoms. The lowest BCUT2D eigenvalue weighted by atomic mass is 10.2. The molecular formula is C17H35IN6. The van der Waals surface area contributed by atoms with Crippen LogP contribution in [0.1, 0.15) is 39.7 Å². The third-order valence-corrected chi connectivity index (χ3v) is 3.83. The number of aliphatic imine (C=N–C) groups is 1. The Morgan fingerprint density at radius 1 is 1.21 bits per heavy atom. The van der Waals surface area contributed by atoms with E-state index >= 15 is 0 Å². The van der Waals surface area contributed by atoms with Crippen molar-refractivity contribution in [1.29, 1.82) is 0 Å². The number of nitrogens with one attached hydrogen (secondary N) is 2. The van der Waals surface area contributed by atoms with Crippen LogP contribution >= 0.6 is 24.0 Å². The number of rotatable bonds is 9. The molecule has 0 aromatic carbocycles. The second-order valence-electron chi connectivity index (χ2n) is 6.49. The molecule has 0 bridgehead atoms. The average molecular weight is 450 g/mol. The molecule has 0 spiro atoms. The van der Waals surface area contributed by atoms with Gasteiger partial charge in [-0.05, 0) is 46.6 Å². The highest BCUT2D eigenvalue weighted by atomic mass is 127. The predicted molar refractivity (Wildman–Crippen MR) is 113 cm³/mol. The van der Waals surface area contributed by atoms with E-state index in [2.05, 4.69) is 60.2 Å². The van der Waals surface area contributed by atoms with Crippen LogP contribution in [0, 0.1) is 6.92 Å². The third-order valence-electron chi connectivity index (χ3n) is 3.83. The lowest BCUT2D eigenvalue weighted by Gasteiger charge is -2.30. The predicted octanol–water partition coefficient (Wildman–Crippen LogP) is 2.48. The van der Waals surface area contributed by atoms with Crippen molar-refractivity contribution >= 4 is 29.9 Å². The second kappa shape index (κ2) is 12.5. The van der Waals surface area contributed by atoms with Gasteiger partial charge in [0.25, 0.3) is 0 Å². The van der Waals surface area contributed by atoms with Crippen LogP contribution in [-0.2, 0) is 6.54 Å². The van der Waals surface area contributed by atoms with Crippen LogP contribution in [0.4, 0.5) is 0 Å². The van der Waals surface area contributed by atoms with Crippen molar-refractivity contribution < 1.29 is 0 Å². The first-order valence-corrected chi connectivity index (χ1v) is 8.63. The Hall–Kier alpha value is -0.830. The average Bonchev–Trinajstić information content (AvgIpc) is 2.89. The summed E-state index contributed by atoms with van der Waals surface area (Å²) >= 11 is 0. The van der Waals surface area contributed by atoms with Gasteiger partial charge in [-0.1, -0.05) is 0 Å². The van der Waals surface area contributed by atoms with E-state index in [-0.39, 0.29) is 24.0 Å². The van der Waals surface area contributed by atoms with Crippen LogP contribution < -0.4 is 10.6 Å². The van der Waals surface area contributed by atoms with Crippen LogP contribution in [0.25, 0.3) is 0 Å². The molecule has 0 aliphatic carbocycles. The molecule has 1 rings (SSSR count). The second-order valence-corrected chi connectivity index (χ2v) is 6.49. The molecule has 1 aromatic rings. The first-order chi connectivity index (χ1) is 10.9. The fourth-order valence-electron chi connectivity index (χ4n) is 2.68. The Bertz CT molecular complexity index is 461. The molecule has 0 fully saturated rings. The van der Waals surface area contributed by atoms with Gasteiger partial charge < -0.3 is 10.6 Å². The van der Waals surface area contributed by atoms with E-state index in [4.69, 9.17) is 0 Å². The highest BCUT2D eigenvalue weighted by molar-refractivity contribution is 14.0. The van der Waals surface area contributed by atoms with E-state index in [1.807, 2.05) is 24.1 Å². The minimum atomic E-state index is 0. The minimum absolute atomic E-state index is 0. The van der Waals surface area contributed by atoms with E-state index in [1.54, 1.807) is 0 Å². The third kappa shape index (κ3) is 8.86. The zero-order chi connectivity index (χ0) is 17.2. The number of guanidine groups is 1. The van der Waals surface area contributed by atoms with Crippen LogP contribution in [0.15, 0.2) is 17.4 Å². The molecule has 0 aliphatic rings. The molecule has 6 nitrogen and oxygen atoms in total. The number of aryl methyl sites for hydroxylation is 1. The van der Waals surface area contributed by atoms with Gasteiger partial charge in [-0.2, -0.15) is 5.10 Å². The van der Waals surface area contributed by atoms with Crippen molar-refractivity contribution in [2.24, 2.45) is 4.99 Å². The van der Waals surface area contributed by atoms with Gasteiger partial charge >= 0.3 is 0 Å². The molecule has 0 saturated carbocycles. The van der Waals surface area contributed by atoms with Crippen LogP contribution in [-0.4, -0.2) is 59.4 Å². The number of hydrogen-bond acceptors (Lipinski definition) is 3. The standard InChI is InChI=1S/C17H34N6.HI/c1-14(2)23(15(3)4)10-7-8-19-17(18-6)20-9-11-22-13-16(5)12-21-22;/h12-15H,7-11H2,1-6H3,(H2,18,19,20);1H. The summed E-state index contributed by atoms with van der Waals surface area (Å²) in [6.07, 6.45) is 5.03. The smallest absolute Gasteiger partial charge is 0.191 e. The molecule has 24 heavy (non-hydrogen) atoms. The Morgan fingerprint density at radius 3 is 2.33 bits per heavy atom. The summed E-state index contributed by atoms with van der Waals surface area (Å²) in [4.78, 5) is 6.77. The summed E-state index contributed by atoms with van der Waals surface area (Å²) in [7, 11) is 1.81. The molecule has 0 aliphatic heterocycles. The van der Waals surface area contributed by atoms with Gasteiger partial charge in [-0.3, -0.25) is 14.6 Å². The minimum Gasteiger partial charge on any atom is -0.356 e. The van der Waals surface area contributed by atoms with Crippen LogP contribution in [0.2, 0.25) is 0 Å². The summed E-state index contributed by atoms with van der Waals surface area (Å²) in [6.45, 7) is 14.7. The molecule has 0 amide bonds. The molecule has 0 unspecified atom stereocenters. The van der Waals surface area contributed by atoms with Gasteiger partial charge in [-0.25, -0.2) is 0 Å². The van der Waals surface area contributed by atoms with Gasteiger partial charge in [0.1, 0.15) is 0 Å². The largest absolute Gasteiger partial charge is 0.356 e. The maximum Gasteiger partial charge on any atom is 0.191 e. The van der Waals surface area contributed by atoms with Gasteiger partial charge in [0, 0.05) is 45.0 Å². The zero-order valence-corrected chi connectivity index (χ0v) is 18.4. The molecule has 1 aromatic heterocycles. The molecule has 1 heterocycles. The molecule has 0 radical (unpaired) electrons. The SMILES string of the molecule is CN=C(NCCCN(C(C)C)C(C)C)NCCn1cc(C)cn1.I. The van der Waals surface area contributed by atoms with Crippen molar-refractivity contribution in [2.45, 2.75) is 59.7 Å². The highest BCUT2D eigenvalue weighted by Crippen LogP contribution is 2.05. The Kier molecular flexibility index (Phi) is 12.1. The van der Waals surface area contributed by atoms with Gasteiger partial charge in [0.05, 0.1) is 12.7 Å². The number of nitrogens with zero attached hydrogens (tertiary/aromatic N) is 4. The first kappa shape index (κ1) is 23.2. The Morgan fingerprint density at radius 2 is 1.83 bits per heavy atom. The van der Waals surface area contributed by atoms with Crippen molar-refractivity contribution in [3.05, 3.63) is 18.0 Å². The summed E-state index contributed by atoms with van der Waals surface area (Å²) in [6, 6.07) is 1.18. The van der Waals surface area contributed by atoms with Crippen molar-refractivity contribution in [3.8, 4) is 0 Å². The summed E-state index contributed by atoms with van der Waals surface area (Å²) in [5, 5.41) is 11.0. The summed E-state index contributed by atoms with van der Waals surface area (Å²) < 4.78 is 1.94. The fraction of sp³-hybridized carbons (Fsp3) is 0.765. The van der Waals surface area contributed by atoms with Gasteiger partial charge in [0.2, 0.25) is 0 Å². The van der Waals surface area contributed by atoms with E-state index in [9.17, 15) is 0 Å². The number of hydrogen-bond donors (Lipinski definition) is 2. The number of aromatic nitrogens is 2.